The summed E-state index contributed by atoms with van der Waals surface area (Å²) in [7, 11) is 2.00. The van der Waals surface area contributed by atoms with Crippen LogP contribution in [0.1, 0.15) is 72.1 Å². The highest BCUT2D eigenvalue weighted by atomic mass is 16.5. The predicted molar refractivity (Wildman–Crippen MR) is 76.2 cm³/mol. The van der Waals surface area contributed by atoms with Gasteiger partial charge in [-0.05, 0) is 25.8 Å². The van der Waals surface area contributed by atoms with E-state index in [1.165, 1.54) is 44.9 Å². The number of rotatable bonds is 12. The van der Waals surface area contributed by atoms with Crippen molar-refractivity contribution in [3.63, 3.8) is 0 Å². The molecule has 0 aliphatic heterocycles. The maximum Gasteiger partial charge on any atom is 0.110 e. The zero-order chi connectivity index (χ0) is 12.9. The van der Waals surface area contributed by atoms with Crippen LogP contribution in [0.4, 0.5) is 0 Å². The molecule has 17 heavy (non-hydrogen) atoms. The van der Waals surface area contributed by atoms with Gasteiger partial charge in [0.05, 0.1) is 0 Å². The Morgan fingerprint density at radius 3 is 2.18 bits per heavy atom. The van der Waals surface area contributed by atoms with Gasteiger partial charge in [-0.1, -0.05) is 59.3 Å². The van der Waals surface area contributed by atoms with Crippen molar-refractivity contribution in [3.05, 3.63) is 0 Å². The zero-order valence-electron chi connectivity index (χ0n) is 12.4. The summed E-state index contributed by atoms with van der Waals surface area (Å²) in [6.07, 6.45) is 10.9. The van der Waals surface area contributed by atoms with E-state index in [0.29, 0.717) is 5.92 Å². The number of unbranched alkanes of at least 4 members (excludes halogenated alkanes) is 5. The molecule has 0 aromatic carbocycles. The molecule has 2 nitrogen and oxygen atoms in total. The van der Waals surface area contributed by atoms with Gasteiger partial charge in [-0.3, -0.25) is 5.32 Å². The Hall–Kier alpha value is -0.0800. The van der Waals surface area contributed by atoms with Crippen molar-refractivity contribution in [2.75, 3.05) is 13.7 Å². The molecule has 0 aliphatic carbocycles. The fourth-order valence-electron chi connectivity index (χ4n) is 2.17. The van der Waals surface area contributed by atoms with Crippen LogP contribution in [0.15, 0.2) is 0 Å². The summed E-state index contributed by atoms with van der Waals surface area (Å²) in [6.45, 7) is 7.59. The fraction of sp³-hybridized carbons (Fsp3) is 1.00. The molecule has 0 spiro atoms. The van der Waals surface area contributed by atoms with E-state index < -0.39 is 0 Å². The lowest BCUT2D eigenvalue weighted by atomic mass is 10.0. The average Bonchev–Trinajstić information content (AvgIpc) is 2.34. The van der Waals surface area contributed by atoms with Gasteiger partial charge in [0.1, 0.15) is 6.23 Å². The van der Waals surface area contributed by atoms with Crippen molar-refractivity contribution < 1.29 is 4.74 Å². The van der Waals surface area contributed by atoms with Crippen molar-refractivity contribution in [1.29, 1.82) is 0 Å². The predicted octanol–water partition coefficient (Wildman–Crippen LogP) is 4.35. The standard InChI is InChI=1S/C15H33NO/c1-5-7-8-9-10-11-12-14(3)15(16-4)17-13-6-2/h14-16H,5-13H2,1-4H3. The van der Waals surface area contributed by atoms with Crippen LogP contribution < -0.4 is 5.32 Å². The zero-order valence-corrected chi connectivity index (χ0v) is 12.4. The van der Waals surface area contributed by atoms with Crippen LogP contribution in [0, 0.1) is 5.92 Å². The van der Waals surface area contributed by atoms with Crippen LogP contribution in [0.5, 0.6) is 0 Å². The van der Waals surface area contributed by atoms with Gasteiger partial charge >= 0.3 is 0 Å². The second-order valence-corrected chi connectivity index (χ2v) is 5.11. The summed E-state index contributed by atoms with van der Waals surface area (Å²) in [4.78, 5) is 0. The van der Waals surface area contributed by atoms with E-state index >= 15 is 0 Å². The topological polar surface area (TPSA) is 21.3 Å². The van der Waals surface area contributed by atoms with Gasteiger partial charge < -0.3 is 4.74 Å². The molecular weight excluding hydrogens is 210 g/mol. The highest BCUT2D eigenvalue weighted by Gasteiger charge is 2.14. The van der Waals surface area contributed by atoms with E-state index in [9.17, 15) is 0 Å². The molecule has 2 atom stereocenters. The van der Waals surface area contributed by atoms with Crippen LogP contribution in [0.2, 0.25) is 0 Å². The van der Waals surface area contributed by atoms with Gasteiger partial charge in [-0.15, -0.1) is 0 Å². The molecular formula is C15H33NO. The highest BCUT2D eigenvalue weighted by molar-refractivity contribution is 4.63. The maximum absolute atomic E-state index is 5.79. The van der Waals surface area contributed by atoms with Gasteiger partial charge in [0.25, 0.3) is 0 Å². The molecule has 104 valence electrons. The third-order valence-corrected chi connectivity index (χ3v) is 3.32. The lowest BCUT2D eigenvalue weighted by molar-refractivity contribution is -0.00340. The molecule has 2 heteroatoms. The van der Waals surface area contributed by atoms with E-state index in [1.807, 2.05) is 7.05 Å². The molecule has 0 aromatic rings. The Balaban J connectivity index is 3.50. The molecule has 0 fully saturated rings. The minimum absolute atomic E-state index is 0.241. The van der Waals surface area contributed by atoms with E-state index in [0.717, 1.165) is 13.0 Å². The molecule has 0 aliphatic rings. The molecule has 2 unspecified atom stereocenters. The van der Waals surface area contributed by atoms with Crippen molar-refractivity contribution in [2.24, 2.45) is 5.92 Å². The molecule has 0 saturated carbocycles. The SMILES string of the molecule is CCCCCCCCC(C)C(NC)OCCC. The third-order valence-electron chi connectivity index (χ3n) is 3.32. The van der Waals surface area contributed by atoms with Gasteiger partial charge in [0.2, 0.25) is 0 Å². The Morgan fingerprint density at radius 1 is 0.941 bits per heavy atom. The van der Waals surface area contributed by atoms with Crippen LogP contribution in [0.3, 0.4) is 0 Å². The van der Waals surface area contributed by atoms with E-state index in [2.05, 4.69) is 26.1 Å². The van der Waals surface area contributed by atoms with E-state index in [4.69, 9.17) is 4.74 Å². The minimum atomic E-state index is 0.241. The molecule has 0 saturated heterocycles. The fourth-order valence-corrected chi connectivity index (χ4v) is 2.17. The van der Waals surface area contributed by atoms with Crippen molar-refractivity contribution in [3.8, 4) is 0 Å². The van der Waals surface area contributed by atoms with Crippen molar-refractivity contribution >= 4 is 0 Å². The van der Waals surface area contributed by atoms with Crippen LogP contribution >= 0.6 is 0 Å². The maximum atomic E-state index is 5.79. The van der Waals surface area contributed by atoms with Crippen LogP contribution in [0.25, 0.3) is 0 Å². The van der Waals surface area contributed by atoms with Crippen molar-refractivity contribution in [1.82, 2.24) is 5.32 Å². The Kier molecular flexibility index (Phi) is 12.3. The van der Waals surface area contributed by atoms with E-state index in [-0.39, 0.29) is 6.23 Å². The Morgan fingerprint density at radius 2 is 1.59 bits per heavy atom. The number of hydrogen-bond acceptors (Lipinski definition) is 2. The summed E-state index contributed by atoms with van der Waals surface area (Å²) in [5.41, 5.74) is 0. The second kappa shape index (κ2) is 12.4. The number of nitrogens with one attached hydrogen (secondary N) is 1. The minimum Gasteiger partial charge on any atom is -0.363 e. The lowest BCUT2D eigenvalue weighted by Crippen LogP contribution is -2.35. The summed E-state index contributed by atoms with van der Waals surface area (Å²) in [5.74, 6) is 0.623. The first-order valence-electron chi connectivity index (χ1n) is 7.55. The normalized spacial score (nSPS) is 14.8. The molecule has 0 radical (unpaired) electrons. The quantitative estimate of drug-likeness (QED) is 0.406. The van der Waals surface area contributed by atoms with Crippen LogP contribution in [-0.4, -0.2) is 19.9 Å². The van der Waals surface area contributed by atoms with Crippen molar-refractivity contribution in [2.45, 2.75) is 78.4 Å². The lowest BCUT2D eigenvalue weighted by Gasteiger charge is -2.23. The van der Waals surface area contributed by atoms with Gasteiger partial charge in [-0.25, -0.2) is 0 Å². The smallest absolute Gasteiger partial charge is 0.110 e. The van der Waals surface area contributed by atoms with Crippen LogP contribution in [-0.2, 0) is 4.74 Å². The summed E-state index contributed by atoms with van der Waals surface area (Å²) in [6, 6.07) is 0. The molecule has 0 rings (SSSR count). The molecule has 0 bridgehead atoms. The van der Waals surface area contributed by atoms with E-state index in [1.54, 1.807) is 0 Å². The Labute approximate surface area is 109 Å². The first-order valence-corrected chi connectivity index (χ1v) is 7.55. The summed E-state index contributed by atoms with van der Waals surface area (Å²) >= 11 is 0. The van der Waals surface area contributed by atoms with Gasteiger partial charge in [0.15, 0.2) is 0 Å². The summed E-state index contributed by atoms with van der Waals surface area (Å²) in [5, 5.41) is 3.28. The molecule has 1 N–H and O–H groups in total. The number of hydrogen-bond donors (Lipinski definition) is 1. The molecule has 0 heterocycles. The Bertz CT molecular complexity index is 150. The average molecular weight is 243 g/mol. The highest BCUT2D eigenvalue weighted by Crippen LogP contribution is 2.15. The third kappa shape index (κ3) is 9.61. The summed E-state index contributed by atoms with van der Waals surface area (Å²) < 4.78 is 5.79. The molecule has 0 amide bonds. The number of ether oxygens (including phenoxy) is 1. The molecule has 0 aromatic heterocycles. The first kappa shape index (κ1) is 16.9. The van der Waals surface area contributed by atoms with Gasteiger partial charge in [0, 0.05) is 6.61 Å². The monoisotopic (exact) mass is 243 g/mol. The first-order chi connectivity index (χ1) is 8.26. The second-order valence-electron chi connectivity index (χ2n) is 5.11. The largest absolute Gasteiger partial charge is 0.363 e. The van der Waals surface area contributed by atoms with Gasteiger partial charge in [-0.2, -0.15) is 0 Å².